The van der Waals surface area contributed by atoms with Crippen molar-refractivity contribution in [2.45, 2.75) is 39.5 Å². The Hall–Kier alpha value is -1.83. The molecule has 0 amide bonds. The second kappa shape index (κ2) is 5.87. The van der Waals surface area contributed by atoms with E-state index in [1.807, 2.05) is 18.2 Å². The number of carboxylic acid groups (broad SMARTS) is 1. The van der Waals surface area contributed by atoms with Crippen molar-refractivity contribution in [2.24, 2.45) is 0 Å². The van der Waals surface area contributed by atoms with Gasteiger partial charge in [-0.15, -0.1) is 0 Å². The number of hydrogen-bond donors (Lipinski definition) is 1. The molecule has 2 heteroatoms. The van der Waals surface area contributed by atoms with E-state index in [4.69, 9.17) is 0 Å². The first-order valence-corrected chi connectivity index (χ1v) is 6.95. The number of hydrogen-bond acceptors (Lipinski definition) is 1. The largest absolute Gasteiger partial charge is 0.478 e. The zero-order valence-electron chi connectivity index (χ0n) is 11.6. The van der Waals surface area contributed by atoms with Gasteiger partial charge in [0, 0.05) is 0 Å². The Morgan fingerprint density at radius 1 is 1.00 bits per heavy atom. The van der Waals surface area contributed by atoms with E-state index in [1.165, 1.54) is 11.1 Å². The molecule has 0 aliphatic carbocycles. The Kier molecular flexibility index (Phi) is 4.20. The Morgan fingerprint density at radius 3 is 2.21 bits per heavy atom. The van der Waals surface area contributed by atoms with Gasteiger partial charge >= 0.3 is 5.97 Å². The maximum atomic E-state index is 11.4. The molecule has 0 spiro atoms. The highest BCUT2D eigenvalue weighted by atomic mass is 16.4. The third-order valence-electron chi connectivity index (χ3n) is 3.48. The zero-order valence-corrected chi connectivity index (χ0v) is 11.6. The van der Waals surface area contributed by atoms with Crippen molar-refractivity contribution in [3.8, 4) is 0 Å². The molecule has 0 heterocycles. The summed E-state index contributed by atoms with van der Waals surface area (Å²) < 4.78 is 0. The maximum Gasteiger partial charge on any atom is 0.336 e. The van der Waals surface area contributed by atoms with Gasteiger partial charge in [-0.05, 0) is 40.8 Å². The van der Waals surface area contributed by atoms with E-state index < -0.39 is 5.97 Å². The molecular formula is C17H20O2. The van der Waals surface area contributed by atoms with Crippen LogP contribution in [0.5, 0.6) is 0 Å². The highest BCUT2D eigenvalue weighted by Gasteiger charge is 2.13. The van der Waals surface area contributed by atoms with Crippen LogP contribution in [0.4, 0.5) is 0 Å². The fourth-order valence-corrected chi connectivity index (χ4v) is 2.70. The molecule has 2 rings (SSSR count). The molecule has 0 aromatic heterocycles. The van der Waals surface area contributed by atoms with Gasteiger partial charge in [-0.2, -0.15) is 0 Å². The number of rotatable bonds is 5. The maximum absolute atomic E-state index is 11.4. The predicted octanol–water partition coefficient (Wildman–Crippen LogP) is 4.44. The summed E-state index contributed by atoms with van der Waals surface area (Å²) in [7, 11) is 0. The SMILES string of the molecule is CCCc1cccc2c(C(=O)O)ccc(CCC)c12. The van der Waals surface area contributed by atoms with E-state index >= 15 is 0 Å². The summed E-state index contributed by atoms with van der Waals surface area (Å²) in [6, 6.07) is 9.74. The second-order valence-electron chi connectivity index (χ2n) is 4.92. The number of aromatic carboxylic acids is 1. The van der Waals surface area contributed by atoms with Gasteiger partial charge in [0.05, 0.1) is 5.56 Å². The first kappa shape index (κ1) is 13.6. The van der Waals surface area contributed by atoms with Crippen LogP contribution in [0.1, 0.15) is 48.2 Å². The van der Waals surface area contributed by atoms with Crippen LogP contribution in [0.2, 0.25) is 0 Å². The molecule has 19 heavy (non-hydrogen) atoms. The molecule has 0 saturated carbocycles. The van der Waals surface area contributed by atoms with E-state index in [0.717, 1.165) is 36.5 Å². The van der Waals surface area contributed by atoms with Crippen molar-refractivity contribution >= 4 is 16.7 Å². The summed E-state index contributed by atoms with van der Waals surface area (Å²) in [6.45, 7) is 4.30. The normalized spacial score (nSPS) is 10.8. The third-order valence-corrected chi connectivity index (χ3v) is 3.48. The van der Waals surface area contributed by atoms with Gasteiger partial charge in [-0.25, -0.2) is 4.79 Å². The minimum absolute atomic E-state index is 0.410. The molecule has 0 unspecified atom stereocenters. The smallest absolute Gasteiger partial charge is 0.336 e. The van der Waals surface area contributed by atoms with Crippen molar-refractivity contribution in [3.63, 3.8) is 0 Å². The monoisotopic (exact) mass is 256 g/mol. The van der Waals surface area contributed by atoms with Crippen molar-refractivity contribution in [2.75, 3.05) is 0 Å². The lowest BCUT2D eigenvalue weighted by Gasteiger charge is -2.13. The van der Waals surface area contributed by atoms with Gasteiger partial charge in [-0.3, -0.25) is 0 Å². The Morgan fingerprint density at radius 2 is 1.63 bits per heavy atom. The van der Waals surface area contributed by atoms with Crippen LogP contribution < -0.4 is 0 Å². The van der Waals surface area contributed by atoms with E-state index in [2.05, 4.69) is 19.9 Å². The van der Waals surface area contributed by atoms with Gasteiger partial charge in [-0.1, -0.05) is 51.0 Å². The second-order valence-corrected chi connectivity index (χ2v) is 4.92. The molecule has 0 aliphatic rings. The van der Waals surface area contributed by atoms with E-state index in [0.29, 0.717) is 5.56 Å². The molecule has 100 valence electrons. The Balaban J connectivity index is 2.76. The van der Waals surface area contributed by atoms with Crippen LogP contribution in [-0.4, -0.2) is 11.1 Å². The average molecular weight is 256 g/mol. The van der Waals surface area contributed by atoms with Crippen molar-refractivity contribution < 1.29 is 9.90 Å². The summed E-state index contributed by atoms with van der Waals surface area (Å²) in [4.78, 5) is 11.4. The molecule has 0 bridgehead atoms. The number of carbonyl (C=O) groups is 1. The topological polar surface area (TPSA) is 37.3 Å². The molecule has 2 aromatic rings. The van der Waals surface area contributed by atoms with Crippen molar-refractivity contribution in [1.82, 2.24) is 0 Å². The van der Waals surface area contributed by atoms with E-state index in [9.17, 15) is 9.90 Å². The quantitative estimate of drug-likeness (QED) is 0.858. The van der Waals surface area contributed by atoms with Gasteiger partial charge in [0.25, 0.3) is 0 Å². The molecule has 0 saturated heterocycles. The fraction of sp³-hybridized carbons (Fsp3) is 0.353. The molecule has 2 aromatic carbocycles. The minimum Gasteiger partial charge on any atom is -0.478 e. The lowest BCUT2D eigenvalue weighted by molar-refractivity contribution is 0.0699. The van der Waals surface area contributed by atoms with Crippen LogP contribution in [0.3, 0.4) is 0 Å². The zero-order chi connectivity index (χ0) is 13.8. The molecule has 0 atom stereocenters. The molecule has 1 N–H and O–H groups in total. The first-order valence-electron chi connectivity index (χ1n) is 6.95. The highest BCUT2D eigenvalue weighted by Crippen LogP contribution is 2.28. The van der Waals surface area contributed by atoms with Crippen LogP contribution in [0, 0.1) is 0 Å². The molecule has 0 fully saturated rings. The van der Waals surface area contributed by atoms with E-state index in [1.54, 1.807) is 6.07 Å². The standard InChI is InChI=1S/C17H20O2/c1-3-6-12-8-5-9-14-15(17(18)19)11-10-13(7-4-2)16(12)14/h5,8-11H,3-4,6-7H2,1-2H3,(H,18,19). The molecule has 2 nitrogen and oxygen atoms in total. The van der Waals surface area contributed by atoms with Crippen LogP contribution in [0.25, 0.3) is 10.8 Å². The van der Waals surface area contributed by atoms with Gasteiger partial charge in [0.1, 0.15) is 0 Å². The summed E-state index contributed by atoms with van der Waals surface area (Å²) in [6.07, 6.45) is 4.14. The summed E-state index contributed by atoms with van der Waals surface area (Å²) in [5.41, 5.74) is 2.95. The predicted molar refractivity (Wildman–Crippen MR) is 78.9 cm³/mol. The Bertz CT molecular complexity index is 587. The lowest BCUT2D eigenvalue weighted by Crippen LogP contribution is -2.01. The van der Waals surface area contributed by atoms with Crippen molar-refractivity contribution in [3.05, 3.63) is 47.0 Å². The number of fused-ring (bicyclic) bond motifs is 1. The van der Waals surface area contributed by atoms with Gasteiger partial charge < -0.3 is 5.11 Å². The lowest BCUT2D eigenvalue weighted by atomic mass is 9.92. The fourth-order valence-electron chi connectivity index (χ4n) is 2.70. The first-order chi connectivity index (χ1) is 9.19. The van der Waals surface area contributed by atoms with Crippen LogP contribution >= 0.6 is 0 Å². The third kappa shape index (κ3) is 2.62. The molecule has 0 aliphatic heterocycles. The van der Waals surface area contributed by atoms with E-state index in [-0.39, 0.29) is 0 Å². The summed E-state index contributed by atoms with van der Waals surface area (Å²) in [5, 5.41) is 11.4. The number of aryl methyl sites for hydroxylation is 2. The van der Waals surface area contributed by atoms with Crippen molar-refractivity contribution in [1.29, 1.82) is 0 Å². The summed E-state index contributed by atoms with van der Waals surface area (Å²) >= 11 is 0. The van der Waals surface area contributed by atoms with Gasteiger partial charge in [0.15, 0.2) is 0 Å². The summed E-state index contributed by atoms with van der Waals surface area (Å²) in [5.74, 6) is -0.846. The molecule has 0 radical (unpaired) electrons. The minimum atomic E-state index is -0.846. The van der Waals surface area contributed by atoms with Gasteiger partial charge in [0.2, 0.25) is 0 Å². The number of carboxylic acids is 1. The molecular weight excluding hydrogens is 236 g/mol. The highest BCUT2D eigenvalue weighted by molar-refractivity contribution is 6.05. The Labute approximate surface area is 114 Å². The number of benzene rings is 2. The van der Waals surface area contributed by atoms with Crippen LogP contribution in [0.15, 0.2) is 30.3 Å². The van der Waals surface area contributed by atoms with Crippen LogP contribution in [-0.2, 0) is 12.8 Å². The average Bonchev–Trinajstić information content (AvgIpc) is 2.39.